The number of hydrogen-bond acceptors (Lipinski definition) is 4. The predicted molar refractivity (Wildman–Crippen MR) is 94.0 cm³/mol. The predicted octanol–water partition coefficient (Wildman–Crippen LogP) is 1.97. The van der Waals surface area contributed by atoms with E-state index in [1.54, 1.807) is 4.90 Å². The molecule has 1 aliphatic rings. The van der Waals surface area contributed by atoms with E-state index < -0.39 is 16.1 Å². The lowest BCUT2D eigenvalue weighted by Crippen LogP contribution is -2.41. The summed E-state index contributed by atoms with van der Waals surface area (Å²) in [5.41, 5.74) is 1.19. The Morgan fingerprint density at radius 2 is 1.72 bits per heavy atom. The molecule has 1 saturated heterocycles. The fourth-order valence-corrected chi connectivity index (χ4v) is 4.00. The topological polar surface area (TPSA) is 83.6 Å². The third-order valence-electron chi connectivity index (χ3n) is 4.14. The van der Waals surface area contributed by atoms with Gasteiger partial charge in [-0.25, -0.2) is 8.42 Å². The van der Waals surface area contributed by atoms with E-state index in [2.05, 4.69) is 4.72 Å². The van der Waals surface area contributed by atoms with Gasteiger partial charge in [0, 0.05) is 17.8 Å². The molecule has 7 heteroatoms. The van der Waals surface area contributed by atoms with Crippen LogP contribution in [0.25, 0.3) is 0 Å². The van der Waals surface area contributed by atoms with Crippen LogP contribution in [0.1, 0.15) is 23.7 Å². The number of amides is 1. The lowest BCUT2D eigenvalue weighted by Gasteiger charge is -2.17. The maximum atomic E-state index is 12.5. The first-order chi connectivity index (χ1) is 11.9. The molecule has 1 fully saturated rings. The second-order valence-corrected chi connectivity index (χ2v) is 7.58. The Hall–Kier alpha value is -2.51. The van der Waals surface area contributed by atoms with Crippen LogP contribution in [0, 0.1) is 0 Å². The van der Waals surface area contributed by atoms with E-state index in [9.17, 15) is 18.0 Å². The maximum Gasteiger partial charge on any atom is 0.245 e. The smallest absolute Gasteiger partial charge is 0.245 e. The zero-order valence-corrected chi connectivity index (χ0v) is 14.5. The molecule has 1 N–H and O–H groups in total. The fraction of sp³-hybridized carbons (Fsp3) is 0.222. The van der Waals surface area contributed by atoms with Crippen molar-refractivity contribution in [1.82, 2.24) is 4.72 Å². The molecule has 0 aliphatic carbocycles. The summed E-state index contributed by atoms with van der Waals surface area (Å²) in [6.07, 6.45) is 0.401. The quantitative estimate of drug-likeness (QED) is 0.829. The van der Waals surface area contributed by atoms with Crippen LogP contribution in [0.5, 0.6) is 0 Å². The number of carbonyl (C=O) groups excluding carboxylic acids is 2. The van der Waals surface area contributed by atoms with Crippen LogP contribution in [0.3, 0.4) is 0 Å². The van der Waals surface area contributed by atoms with Gasteiger partial charge in [0.25, 0.3) is 0 Å². The molecule has 0 aromatic heterocycles. The van der Waals surface area contributed by atoms with Gasteiger partial charge in [-0.15, -0.1) is 0 Å². The van der Waals surface area contributed by atoms with E-state index >= 15 is 0 Å². The summed E-state index contributed by atoms with van der Waals surface area (Å²) in [5.74, 6) is -0.406. The van der Waals surface area contributed by atoms with E-state index in [1.165, 1.54) is 31.2 Å². The molecular weight excluding hydrogens is 340 g/mol. The summed E-state index contributed by atoms with van der Waals surface area (Å²) in [6.45, 7) is 1.87. The van der Waals surface area contributed by atoms with Gasteiger partial charge in [-0.05, 0) is 37.6 Å². The highest BCUT2D eigenvalue weighted by atomic mass is 32.2. The van der Waals surface area contributed by atoms with Crippen molar-refractivity contribution < 1.29 is 18.0 Å². The van der Waals surface area contributed by atoms with Crippen LogP contribution in [0.15, 0.2) is 59.5 Å². The minimum atomic E-state index is -3.83. The highest BCUT2D eigenvalue weighted by Crippen LogP contribution is 2.22. The Morgan fingerprint density at radius 1 is 1.08 bits per heavy atom. The van der Waals surface area contributed by atoms with Gasteiger partial charge in [0.2, 0.25) is 15.9 Å². The number of sulfonamides is 1. The molecule has 0 unspecified atom stereocenters. The average Bonchev–Trinajstić information content (AvgIpc) is 2.96. The van der Waals surface area contributed by atoms with Crippen LogP contribution >= 0.6 is 0 Å². The van der Waals surface area contributed by atoms with Crippen LogP contribution in [-0.4, -0.2) is 32.7 Å². The third kappa shape index (κ3) is 3.62. The first-order valence-electron chi connectivity index (χ1n) is 7.88. The molecule has 130 valence electrons. The van der Waals surface area contributed by atoms with E-state index in [-0.39, 0.29) is 16.6 Å². The Morgan fingerprint density at radius 3 is 2.32 bits per heavy atom. The van der Waals surface area contributed by atoms with Crippen molar-refractivity contribution in [2.24, 2.45) is 0 Å². The van der Waals surface area contributed by atoms with Gasteiger partial charge in [-0.2, -0.15) is 4.72 Å². The minimum absolute atomic E-state index is 0.0310. The molecular formula is C18H18N2O4S. The highest BCUT2D eigenvalue weighted by Gasteiger charge is 2.35. The third-order valence-corrected chi connectivity index (χ3v) is 5.63. The summed E-state index contributed by atoms with van der Waals surface area (Å²) in [7, 11) is -3.83. The van der Waals surface area contributed by atoms with Crippen LogP contribution in [0.2, 0.25) is 0 Å². The molecule has 1 aliphatic heterocycles. The number of benzene rings is 2. The molecule has 2 aromatic rings. The molecule has 1 atom stereocenters. The molecule has 25 heavy (non-hydrogen) atoms. The van der Waals surface area contributed by atoms with E-state index in [0.29, 0.717) is 18.5 Å². The van der Waals surface area contributed by atoms with E-state index in [4.69, 9.17) is 0 Å². The second-order valence-electron chi connectivity index (χ2n) is 5.87. The first-order valence-corrected chi connectivity index (χ1v) is 9.36. The van der Waals surface area contributed by atoms with Crippen LogP contribution in [0.4, 0.5) is 5.69 Å². The number of ketones is 1. The zero-order valence-electron chi connectivity index (χ0n) is 13.7. The number of nitrogens with one attached hydrogen (secondary N) is 1. The van der Waals surface area contributed by atoms with E-state index in [0.717, 1.165) is 5.69 Å². The largest absolute Gasteiger partial charge is 0.311 e. The molecule has 0 saturated carbocycles. The molecule has 1 amide bonds. The summed E-state index contributed by atoms with van der Waals surface area (Å²) in [5, 5.41) is 0. The highest BCUT2D eigenvalue weighted by molar-refractivity contribution is 7.89. The minimum Gasteiger partial charge on any atom is -0.311 e. The monoisotopic (exact) mass is 358 g/mol. The molecule has 2 aromatic carbocycles. The number of rotatable bonds is 5. The SMILES string of the molecule is CC(=O)c1ccc(S(=O)(=O)N[C@@H]2CCN(c3ccccc3)C2=O)cc1. The number of nitrogens with zero attached hydrogens (tertiary/aromatic N) is 1. The van der Waals surface area contributed by atoms with Crippen molar-refractivity contribution in [3.8, 4) is 0 Å². The number of carbonyl (C=O) groups is 2. The number of Topliss-reactive ketones (excluding diaryl/α,β-unsaturated/α-hetero) is 1. The number of para-hydroxylation sites is 1. The molecule has 0 radical (unpaired) electrons. The molecule has 0 bridgehead atoms. The van der Waals surface area contributed by atoms with Gasteiger partial charge >= 0.3 is 0 Å². The number of anilines is 1. The summed E-state index contributed by atoms with van der Waals surface area (Å²) in [6, 6.07) is 14.0. The van der Waals surface area contributed by atoms with Gasteiger partial charge in [0.1, 0.15) is 6.04 Å². The molecule has 6 nitrogen and oxygen atoms in total. The van der Waals surface area contributed by atoms with Gasteiger partial charge in [-0.1, -0.05) is 30.3 Å². The van der Waals surface area contributed by atoms with Gasteiger partial charge < -0.3 is 4.90 Å². The van der Waals surface area contributed by atoms with Crippen molar-refractivity contribution in [3.05, 3.63) is 60.2 Å². The molecule has 1 heterocycles. The zero-order chi connectivity index (χ0) is 18.0. The van der Waals surface area contributed by atoms with Crippen LogP contribution in [-0.2, 0) is 14.8 Å². The Bertz CT molecular complexity index is 892. The number of hydrogen-bond donors (Lipinski definition) is 1. The van der Waals surface area contributed by atoms with Crippen LogP contribution < -0.4 is 9.62 Å². The first kappa shape index (κ1) is 17.3. The summed E-state index contributed by atoms with van der Waals surface area (Å²) in [4.78, 5) is 25.4. The summed E-state index contributed by atoms with van der Waals surface area (Å²) < 4.78 is 27.4. The molecule has 3 rings (SSSR count). The average molecular weight is 358 g/mol. The lowest BCUT2D eigenvalue weighted by atomic mass is 10.2. The summed E-state index contributed by atoms with van der Waals surface area (Å²) >= 11 is 0. The maximum absolute atomic E-state index is 12.5. The lowest BCUT2D eigenvalue weighted by molar-refractivity contribution is -0.118. The Kier molecular flexibility index (Phi) is 4.69. The van der Waals surface area contributed by atoms with Gasteiger partial charge in [0.15, 0.2) is 5.78 Å². The Balaban J connectivity index is 1.75. The van der Waals surface area contributed by atoms with Crippen molar-refractivity contribution >= 4 is 27.4 Å². The molecule has 0 spiro atoms. The second kappa shape index (κ2) is 6.78. The van der Waals surface area contributed by atoms with E-state index in [1.807, 2.05) is 30.3 Å². The van der Waals surface area contributed by atoms with Crippen molar-refractivity contribution in [2.45, 2.75) is 24.3 Å². The van der Waals surface area contributed by atoms with Crippen molar-refractivity contribution in [3.63, 3.8) is 0 Å². The van der Waals surface area contributed by atoms with Gasteiger partial charge in [-0.3, -0.25) is 9.59 Å². The van der Waals surface area contributed by atoms with Crippen molar-refractivity contribution in [1.29, 1.82) is 0 Å². The Labute approximate surface area is 146 Å². The normalized spacial score (nSPS) is 17.7. The van der Waals surface area contributed by atoms with Crippen molar-refractivity contribution in [2.75, 3.05) is 11.4 Å². The standard InChI is InChI=1S/C18H18N2O4S/c1-13(21)14-7-9-16(10-8-14)25(23,24)19-17-11-12-20(18(17)22)15-5-3-2-4-6-15/h2-10,17,19H,11-12H2,1H3/t17-/m1/s1. The van der Waals surface area contributed by atoms with Gasteiger partial charge in [0.05, 0.1) is 4.90 Å². The fourth-order valence-electron chi connectivity index (χ4n) is 2.78.